The van der Waals surface area contributed by atoms with Crippen LogP contribution >= 0.6 is 11.9 Å². The Hall–Kier alpha value is -0.220. The predicted octanol–water partition coefficient (Wildman–Crippen LogP) is 0.560. The van der Waals surface area contributed by atoms with E-state index in [9.17, 15) is 4.79 Å². The van der Waals surface area contributed by atoms with Gasteiger partial charge in [0, 0.05) is 5.75 Å². The van der Waals surface area contributed by atoms with Crippen LogP contribution in [0, 0.1) is 0 Å². The molecule has 0 aromatic rings. The van der Waals surface area contributed by atoms with E-state index in [2.05, 4.69) is 9.46 Å². The molecule has 1 N–H and O–H groups in total. The van der Waals surface area contributed by atoms with Crippen molar-refractivity contribution in [2.45, 2.75) is 18.9 Å². The lowest BCUT2D eigenvalue weighted by Crippen LogP contribution is -2.36. The second-order valence-electron chi connectivity index (χ2n) is 2.18. The summed E-state index contributed by atoms with van der Waals surface area (Å²) in [5, 5.41) is 0. The molecular formula is C6H11NO2S. The molecule has 1 fully saturated rings. The molecule has 1 aliphatic rings. The first-order valence-corrected chi connectivity index (χ1v) is 4.28. The van der Waals surface area contributed by atoms with Crippen LogP contribution < -0.4 is 4.72 Å². The lowest BCUT2D eigenvalue weighted by Gasteiger charge is -2.19. The molecule has 1 saturated heterocycles. The zero-order chi connectivity index (χ0) is 7.40. The number of rotatable bonds is 1. The smallest absolute Gasteiger partial charge is 0.323 e. The maximum Gasteiger partial charge on any atom is 0.323 e. The van der Waals surface area contributed by atoms with Gasteiger partial charge in [-0.1, -0.05) is 11.9 Å². The topological polar surface area (TPSA) is 38.3 Å². The molecule has 0 saturated carbocycles. The first-order valence-electron chi connectivity index (χ1n) is 3.29. The third kappa shape index (κ3) is 1.88. The molecule has 0 radical (unpaired) electrons. The number of carbonyl (C=O) groups is 1. The maximum atomic E-state index is 10.9. The molecule has 0 aromatic carbocycles. The molecule has 0 bridgehead atoms. The van der Waals surface area contributed by atoms with E-state index in [0.29, 0.717) is 0 Å². The molecule has 0 amide bonds. The normalized spacial score (nSPS) is 25.9. The fourth-order valence-corrected chi connectivity index (χ4v) is 1.73. The molecule has 1 unspecified atom stereocenters. The first-order chi connectivity index (χ1) is 4.84. The highest BCUT2D eigenvalue weighted by Gasteiger charge is 2.20. The van der Waals surface area contributed by atoms with Gasteiger partial charge < -0.3 is 4.74 Å². The standard InChI is InChI=1S/C6H11NO2S/c1-9-6(8)5-3-2-4-10-7-5/h5,7H,2-4H2,1H3. The minimum absolute atomic E-state index is 0.0799. The van der Waals surface area contributed by atoms with Gasteiger partial charge in [-0.2, -0.15) is 0 Å². The average Bonchev–Trinajstić information content (AvgIpc) is 2.05. The Balaban J connectivity index is 2.31. The van der Waals surface area contributed by atoms with E-state index < -0.39 is 0 Å². The molecule has 58 valence electrons. The second kappa shape index (κ2) is 3.83. The van der Waals surface area contributed by atoms with Gasteiger partial charge >= 0.3 is 5.97 Å². The van der Waals surface area contributed by atoms with Crippen LogP contribution in [0.2, 0.25) is 0 Å². The molecule has 1 rings (SSSR count). The molecular weight excluding hydrogens is 150 g/mol. The van der Waals surface area contributed by atoms with Crippen molar-refractivity contribution in [3.05, 3.63) is 0 Å². The van der Waals surface area contributed by atoms with Crippen LogP contribution in [0.15, 0.2) is 0 Å². The number of hydrogen-bond donors (Lipinski definition) is 1. The van der Waals surface area contributed by atoms with Gasteiger partial charge in [0.1, 0.15) is 6.04 Å². The summed E-state index contributed by atoms with van der Waals surface area (Å²) in [6.07, 6.45) is 2.00. The van der Waals surface area contributed by atoms with E-state index in [-0.39, 0.29) is 12.0 Å². The average molecular weight is 161 g/mol. The largest absolute Gasteiger partial charge is 0.468 e. The fourth-order valence-electron chi connectivity index (χ4n) is 0.886. The number of hydrogen-bond acceptors (Lipinski definition) is 4. The van der Waals surface area contributed by atoms with Crippen molar-refractivity contribution in [1.82, 2.24) is 4.72 Å². The van der Waals surface area contributed by atoms with E-state index in [0.717, 1.165) is 18.6 Å². The fraction of sp³-hybridized carbons (Fsp3) is 0.833. The van der Waals surface area contributed by atoms with Crippen molar-refractivity contribution in [3.8, 4) is 0 Å². The highest BCUT2D eigenvalue weighted by molar-refractivity contribution is 7.97. The molecule has 3 nitrogen and oxygen atoms in total. The number of esters is 1. The summed E-state index contributed by atoms with van der Waals surface area (Å²) in [4.78, 5) is 10.9. The van der Waals surface area contributed by atoms with Gasteiger partial charge in [-0.3, -0.25) is 9.52 Å². The third-order valence-corrected chi connectivity index (χ3v) is 2.39. The van der Waals surface area contributed by atoms with Crippen LogP contribution in [0.1, 0.15) is 12.8 Å². The highest BCUT2D eigenvalue weighted by Crippen LogP contribution is 2.13. The minimum atomic E-state index is -0.146. The Labute approximate surface area is 64.6 Å². The number of ether oxygens (including phenoxy) is 1. The van der Waals surface area contributed by atoms with Crippen LogP contribution in [-0.2, 0) is 9.53 Å². The third-order valence-electron chi connectivity index (χ3n) is 1.45. The van der Waals surface area contributed by atoms with E-state index in [1.165, 1.54) is 7.11 Å². The summed E-state index contributed by atoms with van der Waals surface area (Å²) in [6.45, 7) is 0. The van der Waals surface area contributed by atoms with Crippen LogP contribution in [-0.4, -0.2) is 24.9 Å². The zero-order valence-corrected chi connectivity index (χ0v) is 6.74. The van der Waals surface area contributed by atoms with E-state index in [1.807, 2.05) is 0 Å². The monoisotopic (exact) mass is 161 g/mol. The molecule has 4 heteroatoms. The highest BCUT2D eigenvalue weighted by atomic mass is 32.2. The van der Waals surface area contributed by atoms with Crippen LogP contribution in [0.5, 0.6) is 0 Å². The van der Waals surface area contributed by atoms with Gasteiger partial charge in [-0.15, -0.1) is 0 Å². The summed E-state index contributed by atoms with van der Waals surface area (Å²) >= 11 is 1.60. The Morgan fingerprint density at radius 2 is 2.60 bits per heavy atom. The van der Waals surface area contributed by atoms with Gasteiger partial charge in [0.2, 0.25) is 0 Å². The summed E-state index contributed by atoms with van der Waals surface area (Å²) in [5.41, 5.74) is 0. The number of nitrogens with one attached hydrogen (secondary N) is 1. The lowest BCUT2D eigenvalue weighted by molar-refractivity contribution is -0.142. The Bertz CT molecular complexity index is 123. The second-order valence-corrected chi connectivity index (χ2v) is 3.12. The predicted molar refractivity (Wildman–Crippen MR) is 40.6 cm³/mol. The summed E-state index contributed by atoms with van der Waals surface area (Å²) in [5.74, 6) is 0.945. The molecule has 10 heavy (non-hydrogen) atoms. The lowest BCUT2D eigenvalue weighted by atomic mass is 10.2. The molecule has 1 atom stereocenters. The molecule has 1 aliphatic heterocycles. The van der Waals surface area contributed by atoms with Gasteiger partial charge in [-0.25, -0.2) is 0 Å². The zero-order valence-electron chi connectivity index (χ0n) is 5.92. The van der Waals surface area contributed by atoms with E-state index in [1.54, 1.807) is 11.9 Å². The Morgan fingerprint density at radius 1 is 1.80 bits per heavy atom. The summed E-state index contributed by atoms with van der Waals surface area (Å²) < 4.78 is 7.59. The van der Waals surface area contributed by atoms with Crippen molar-refractivity contribution in [3.63, 3.8) is 0 Å². The van der Waals surface area contributed by atoms with Crippen molar-refractivity contribution in [2.75, 3.05) is 12.9 Å². The molecule has 0 aromatic heterocycles. The van der Waals surface area contributed by atoms with Crippen molar-refractivity contribution in [1.29, 1.82) is 0 Å². The SMILES string of the molecule is COC(=O)C1CCCSN1. The van der Waals surface area contributed by atoms with Gasteiger partial charge in [0.25, 0.3) is 0 Å². The van der Waals surface area contributed by atoms with Gasteiger partial charge in [0.15, 0.2) is 0 Å². The number of carbonyl (C=O) groups excluding carboxylic acids is 1. The molecule has 1 heterocycles. The van der Waals surface area contributed by atoms with Gasteiger partial charge in [0.05, 0.1) is 7.11 Å². The maximum absolute atomic E-state index is 10.9. The molecule has 0 aliphatic carbocycles. The van der Waals surface area contributed by atoms with Crippen molar-refractivity contribution in [2.24, 2.45) is 0 Å². The van der Waals surface area contributed by atoms with Crippen LogP contribution in [0.25, 0.3) is 0 Å². The van der Waals surface area contributed by atoms with Gasteiger partial charge in [-0.05, 0) is 12.8 Å². The van der Waals surface area contributed by atoms with Crippen LogP contribution in [0.3, 0.4) is 0 Å². The number of methoxy groups -OCH3 is 1. The first kappa shape index (κ1) is 7.88. The van der Waals surface area contributed by atoms with E-state index in [4.69, 9.17) is 0 Å². The van der Waals surface area contributed by atoms with E-state index >= 15 is 0 Å². The summed E-state index contributed by atoms with van der Waals surface area (Å²) in [6, 6.07) is -0.0799. The molecule has 0 spiro atoms. The summed E-state index contributed by atoms with van der Waals surface area (Å²) in [7, 11) is 1.42. The van der Waals surface area contributed by atoms with Crippen molar-refractivity contribution >= 4 is 17.9 Å². The Kier molecular flexibility index (Phi) is 3.02. The minimum Gasteiger partial charge on any atom is -0.468 e. The quantitative estimate of drug-likeness (QED) is 0.450. The Morgan fingerprint density at radius 3 is 3.10 bits per heavy atom. The van der Waals surface area contributed by atoms with Crippen molar-refractivity contribution < 1.29 is 9.53 Å². The van der Waals surface area contributed by atoms with Crippen LogP contribution in [0.4, 0.5) is 0 Å².